The Morgan fingerprint density at radius 2 is 2.24 bits per heavy atom. The molecule has 0 saturated carbocycles. The van der Waals surface area contributed by atoms with Crippen molar-refractivity contribution >= 4 is 28.1 Å². The monoisotopic (exact) mass is 310 g/mol. The van der Waals surface area contributed by atoms with E-state index in [1.165, 1.54) is 25.3 Å². The molecule has 0 aliphatic rings. The fourth-order valence-electron chi connectivity index (χ4n) is 1.56. The van der Waals surface area contributed by atoms with E-state index < -0.39 is 11.7 Å². The first-order valence-electron chi connectivity index (χ1n) is 6.36. The van der Waals surface area contributed by atoms with Crippen LogP contribution in [0.5, 0.6) is 5.75 Å². The normalized spacial score (nSPS) is 10.2. The van der Waals surface area contributed by atoms with Crippen molar-refractivity contribution in [2.45, 2.75) is 13.3 Å². The average molecular weight is 310 g/mol. The molecule has 2 N–H and O–H groups in total. The number of carbonyl (C=O) groups excluding carboxylic acids is 1. The second-order valence-electron chi connectivity index (χ2n) is 4.14. The van der Waals surface area contributed by atoms with Gasteiger partial charge in [0.1, 0.15) is 11.6 Å². The van der Waals surface area contributed by atoms with Crippen LogP contribution in [0.1, 0.15) is 23.1 Å². The molecule has 21 heavy (non-hydrogen) atoms. The highest BCUT2D eigenvalue weighted by atomic mass is 32.1. The van der Waals surface area contributed by atoms with Gasteiger partial charge in [0, 0.05) is 12.6 Å². The average Bonchev–Trinajstić information content (AvgIpc) is 2.95. The minimum absolute atomic E-state index is 0.222. The molecule has 0 unspecified atom stereocenters. The van der Waals surface area contributed by atoms with Crippen LogP contribution in [0.25, 0.3) is 0 Å². The number of rotatable bonds is 6. The number of nitrogens with one attached hydrogen (secondary N) is 2. The zero-order valence-corrected chi connectivity index (χ0v) is 12.5. The maximum absolute atomic E-state index is 13.1. The van der Waals surface area contributed by atoms with Gasteiger partial charge in [0.05, 0.1) is 12.8 Å². The smallest absolute Gasteiger partial charge is 0.286 e. The zero-order chi connectivity index (χ0) is 15.2. The first kappa shape index (κ1) is 15.2. The van der Waals surface area contributed by atoms with E-state index >= 15 is 0 Å². The first-order chi connectivity index (χ1) is 10.1. The summed E-state index contributed by atoms with van der Waals surface area (Å²) in [5, 5.41) is 14.2. The van der Waals surface area contributed by atoms with E-state index in [2.05, 4.69) is 20.8 Å². The number of hydrogen-bond donors (Lipinski definition) is 2. The number of anilines is 2. The second-order valence-corrected chi connectivity index (χ2v) is 5.12. The predicted octanol–water partition coefficient (Wildman–Crippen LogP) is 2.76. The Kier molecular flexibility index (Phi) is 5.04. The number of methoxy groups -OCH3 is 1. The van der Waals surface area contributed by atoms with Crippen LogP contribution in [-0.4, -0.2) is 29.8 Å². The Labute approximate surface area is 125 Å². The van der Waals surface area contributed by atoms with Gasteiger partial charge in [-0.1, -0.05) is 18.3 Å². The highest BCUT2D eigenvalue weighted by Crippen LogP contribution is 2.26. The molecule has 1 aromatic carbocycles. The molecule has 0 aliphatic carbocycles. The molecule has 6 nitrogen and oxygen atoms in total. The Morgan fingerprint density at radius 1 is 1.43 bits per heavy atom. The highest BCUT2D eigenvalue weighted by Gasteiger charge is 2.15. The summed E-state index contributed by atoms with van der Waals surface area (Å²) in [5.74, 6) is -0.606. The first-order valence-corrected chi connectivity index (χ1v) is 7.18. The molecule has 0 spiro atoms. The summed E-state index contributed by atoms with van der Waals surface area (Å²) in [4.78, 5) is 12.1. The van der Waals surface area contributed by atoms with Crippen molar-refractivity contribution in [3.63, 3.8) is 0 Å². The number of carbonyl (C=O) groups is 1. The molecular formula is C13H15FN4O2S. The summed E-state index contributed by atoms with van der Waals surface area (Å²) < 4.78 is 18.1. The van der Waals surface area contributed by atoms with E-state index in [0.29, 0.717) is 10.8 Å². The molecule has 1 amide bonds. The van der Waals surface area contributed by atoms with Crippen molar-refractivity contribution in [1.82, 2.24) is 10.2 Å². The Hall–Kier alpha value is -2.22. The second kappa shape index (κ2) is 6.98. The molecule has 2 rings (SSSR count). The molecule has 1 aromatic heterocycles. The summed E-state index contributed by atoms with van der Waals surface area (Å²) >= 11 is 1.16. The summed E-state index contributed by atoms with van der Waals surface area (Å²) in [6.45, 7) is 2.80. The number of hydrogen-bond acceptors (Lipinski definition) is 6. The lowest BCUT2D eigenvalue weighted by Gasteiger charge is -2.08. The summed E-state index contributed by atoms with van der Waals surface area (Å²) in [7, 11) is 1.40. The van der Waals surface area contributed by atoms with Crippen LogP contribution in [-0.2, 0) is 0 Å². The van der Waals surface area contributed by atoms with Crippen molar-refractivity contribution in [3.05, 3.63) is 29.0 Å². The lowest BCUT2D eigenvalue weighted by molar-refractivity contribution is 0.102. The van der Waals surface area contributed by atoms with E-state index in [1.807, 2.05) is 6.92 Å². The van der Waals surface area contributed by atoms with E-state index in [9.17, 15) is 9.18 Å². The van der Waals surface area contributed by atoms with Gasteiger partial charge in [-0.25, -0.2) is 4.39 Å². The lowest BCUT2D eigenvalue weighted by atomic mass is 10.3. The minimum atomic E-state index is -0.438. The molecule has 1 heterocycles. The molecule has 0 aliphatic heterocycles. The molecule has 0 saturated heterocycles. The van der Waals surface area contributed by atoms with Gasteiger partial charge in [-0.15, -0.1) is 10.2 Å². The van der Waals surface area contributed by atoms with Gasteiger partial charge < -0.3 is 15.4 Å². The van der Waals surface area contributed by atoms with Crippen LogP contribution in [0, 0.1) is 5.82 Å². The van der Waals surface area contributed by atoms with Crippen molar-refractivity contribution in [2.75, 3.05) is 24.3 Å². The Morgan fingerprint density at radius 3 is 2.95 bits per heavy atom. The largest absolute Gasteiger partial charge is 0.494 e. The summed E-state index contributed by atoms with van der Waals surface area (Å²) in [5.41, 5.74) is 0.377. The maximum atomic E-state index is 13.1. The third-order valence-electron chi connectivity index (χ3n) is 2.56. The molecule has 112 valence electrons. The van der Waals surface area contributed by atoms with E-state index in [4.69, 9.17) is 4.74 Å². The number of halogens is 1. The third kappa shape index (κ3) is 3.88. The Bertz CT molecular complexity index is 632. The molecular weight excluding hydrogens is 295 g/mol. The van der Waals surface area contributed by atoms with Gasteiger partial charge in [0.15, 0.2) is 0 Å². The van der Waals surface area contributed by atoms with E-state index in [1.54, 1.807) is 0 Å². The number of ether oxygens (including phenoxy) is 1. The van der Waals surface area contributed by atoms with Gasteiger partial charge in [-0.2, -0.15) is 0 Å². The van der Waals surface area contributed by atoms with Crippen LogP contribution >= 0.6 is 11.3 Å². The number of benzene rings is 1. The summed E-state index contributed by atoms with van der Waals surface area (Å²) in [6, 6.07) is 3.87. The Balaban J connectivity index is 2.09. The van der Waals surface area contributed by atoms with Crippen molar-refractivity contribution < 1.29 is 13.9 Å². The molecule has 0 fully saturated rings. The van der Waals surface area contributed by atoms with Gasteiger partial charge in [0.25, 0.3) is 5.91 Å². The molecule has 0 radical (unpaired) electrons. The standard InChI is InChI=1S/C13H15FN4O2S/c1-3-6-15-13-18-17-12(21-13)11(19)16-9-5-4-8(14)7-10(9)20-2/h4-5,7H,3,6H2,1-2H3,(H,15,18)(H,16,19). The van der Waals surface area contributed by atoms with Gasteiger partial charge in [0.2, 0.25) is 10.1 Å². The van der Waals surface area contributed by atoms with Crippen LogP contribution in [0.3, 0.4) is 0 Å². The van der Waals surface area contributed by atoms with Crippen LogP contribution in [0.15, 0.2) is 18.2 Å². The van der Waals surface area contributed by atoms with E-state index in [-0.39, 0.29) is 10.8 Å². The quantitative estimate of drug-likeness (QED) is 0.858. The third-order valence-corrected chi connectivity index (χ3v) is 3.44. The van der Waals surface area contributed by atoms with Crippen LogP contribution in [0.2, 0.25) is 0 Å². The predicted molar refractivity (Wildman–Crippen MR) is 79.6 cm³/mol. The number of aromatic nitrogens is 2. The minimum Gasteiger partial charge on any atom is -0.494 e. The number of nitrogens with zero attached hydrogens (tertiary/aromatic N) is 2. The topological polar surface area (TPSA) is 76.1 Å². The highest BCUT2D eigenvalue weighted by molar-refractivity contribution is 7.17. The molecule has 0 atom stereocenters. The van der Waals surface area contributed by atoms with Crippen LogP contribution in [0.4, 0.5) is 15.2 Å². The van der Waals surface area contributed by atoms with Gasteiger partial charge >= 0.3 is 0 Å². The van der Waals surface area contributed by atoms with Crippen molar-refractivity contribution in [1.29, 1.82) is 0 Å². The fourth-order valence-corrected chi connectivity index (χ4v) is 2.23. The van der Waals surface area contributed by atoms with E-state index in [0.717, 1.165) is 24.3 Å². The number of amides is 1. The zero-order valence-electron chi connectivity index (χ0n) is 11.6. The van der Waals surface area contributed by atoms with Gasteiger partial charge in [-0.3, -0.25) is 4.79 Å². The van der Waals surface area contributed by atoms with Gasteiger partial charge in [-0.05, 0) is 18.6 Å². The molecule has 0 bridgehead atoms. The van der Waals surface area contributed by atoms with Crippen molar-refractivity contribution in [2.24, 2.45) is 0 Å². The van der Waals surface area contributed by atoms with Crippen molar-refractivity contribution in [3.8, 4) is 5.75 Å². The fraction of sp³-hybridized carbons (Fsp3) is 0.308. The maximum Gasteiger partial charge on any atom is 0.286 e. The molecule has 2 aromatic rings. The lowest BCUT2D eigenvalue weighted by Crippen LogP contribution is -2.12. The SMILES string of the molecule is CCCNc1nnc(C(=O)Nc2ccc(F)cc2OC)s1. The summed E-state index contributed by atoms with van der Waals surface area (Å²) in [6.07, 6.45) is 0.952. The molecule has 8 heteroatoms. The van der Waals surface area contributed by atoms with Crippen LogP contribution < -0.4 is 15.4 Å².